The van der Waals surface area contributed by atoms with Crippen LogP contribution in [0, 0.1) is 0 Å². The summed E-state index contributed by atoms with van der Waals surface area (Å²) in [6.45, 7) is 1.26. The molecule has 1 fully saturated rings. The van der Waals surface area contributed by atoms with Crippen LogP contribution >= 0.6 is 11.6 Å². The number of hydrogen-bond donors (Lipinski definition) is 1. The number of carbonyl (C=O) groups excluding carboxylic acids is 1. The molecule has 1 saturated heterocycles. The molecular formula is C12H14ClN3O. The van der Waals surface area contributed by atoms with Crippen LogP contribution in [0.1, 0.15) is 18.4 Å². The Labute approximate surface area is 105 Å². The Balaban J connectivity index is 2.03. The van der Waals surface area contributed by atoms with Crippen LogP contribution in [0.4, 0.5) is 0 Å². The van der Waals surface area contributed by atoms with Gasteiger partial charge in [-0.2, -0.15) is 5.10 Å². The van der Waals surface area contributed by atoms with Gasteiger partial charge in [-0.05, 0) is 17.7 Å². The van der Waals surface area contributed by atoms with Gasteiger partial charge in [-0.1, -0.05) is 23.7 Å². The standard InChI is InChI=1S/C12H14ClN3O/c13-10-3-1-2-9(6-10)8-16-5-4-11(15-14)7-12(16)17/h1-3,6H,4-5,7-8,14H2/b15-11+. The van der Waals surface area contributed by atoms with Gasteiger partial charge in [0.05, 0.1) is 6.42 Å². The summed E-state index contributed by atoms with van der Waals surface area (Å²) in [5.74, 6) is 5.25. The first-order chi connectivity index (χ1) is 8.19. The van der Waals surface area contributed by atoms with Gasteiger partial charge in [-0.25, -0.2) is 0 Å². The van der Waals surface area contributed by atoms with E-state index in [1.54, 1.807) is 4.90 Å². The molecule has 90 valence electrons. The quantitative estimate of drug-likeness (QED) is 0.643. The number of hydrogen-bond acceptors (Lipinski definition) is 3. The smallest absolute Gasteiger partial charge is 0.228 e. The minimum absolute atomic E-state index is 0.0698. The van der Waals surface area contributed by atoms with Gasteiger partial charge in [0, 0.05) is 30.2 Å². The molecule has 1 aromatic rings. The molecule has 1 aromatic carbocycles. The summed E-state index contributed by atoms with van der Waals surface area (Å²) in [5.41, 5.74) is 1.82. The normalized spacial score (nSPS) is 18.8. The first-order valence-corrected chi connectivity index (χ1v) is 5.84. The molecule has 17 heavy (non-hydrogen) atoms. The van der Waals surface area contributed by atoms with Gasteiger partial charge in [0.2, 0.25) is 5.91 Å². The van der Waals surface area contributed by atoms with E-state index in [0.29, 0.717) is 24.5 Å². The Morgan fingerprint density at radius 1 is 1.47 bits per heavy atom. The van der Waals surface area contributed by atoms with E-state index in [0.717, 1.165) is 17.7 Å². The third-order valence-electron chi connectivity index (χ3n) is 2.82. The number of nitrogens with two attached hydrogens (primary N) is 1. The maximum Gasteiger partial charge on any atom is 0.228 e. The molecule has 0 atom stereocenters. The van der Waals surface area contributed by atoms with Crippen LogP contribution in [0.2, 0.25) is 5.02 Å². The van der Waals surface area contributed by atoms with Crippen molar-refractivity contribution in [2.24, 2.45) is 10.9 Å². The largest absolute Gasteiger partial charge is 0.338 e. The van der Waals surface area contributed by atoms with Crippen molar-refractivity contribution in [3.63, 3.8) is 0 Å². The summed E-state index contributed by atoms with van der Waals surface area (Å²) in [5, 5.41) is 4.29. The summed E-state index contributed by atoms with van der Waals surface area (Å²) in [4.78, 5) is 13.6. The van der Waals surface area contributed by atoms with E-state index >= 15 is 0 Å². The highest BCUT2D eigenvalue weighted by atomic mass is 35.5. The molecule has 0 radical (unpaired) electrons. The predicted molar refractivity (Wildman–Crippen MR) is 67.7 cm³/mol. The number of likely N-dealkylation sites (tertiary alicyclic amines) is 1. The van der Waals surface area contributed by atoms with Gasteiger partial charge in [0.15, 0.2) is 0 Å². The summed E-state index contributed by atoms with van der Waals surface area (Å²) in [7, 11) is 0. The Morgan fingerprint density at radius 3 is 2.94 bits per heavy atom. The summed E-state index contributed by atoms with van der Waals surface area (Å²) in [6, 6.07) is 7.55. The van der Waals surface area contributed by atoms with E-state index in [1.807, 2.05) is 24.3 Å². The first kappa shape index (κ1) is 11.9. The van der Waals surface area contributed by atoms with E-state index < -0.39 is 0 Å². The van der Waals surface area contributed by atoms with Gasteiger partial charge in [-0.3, -0.25) is 4.79 Å². The highest BCUT2D eigenvalue weighted by molar-refractivity contribution is 6.30. The summed E-state index contributed by atoms with van der Waals surface area (Å²) in [6.07, 6.45) is 1.08. The maximum atomic E-state index is 11.8. The van der Waals surface area contributed by atoms with Gasteiger partial charge in [0.25, 0.3) is 0 Å². The van der Waals surface area contributed by atoms with Crippen molar-refractivity contribution in [1.82, 2.24) is 4.90 Å². The molecule has 1 heterocycles. The number of piperidine rings is 1. The van der Waals surface area contributed by atoms with Crippen molar-refractivity contribution in [3.8, 4) is 0 Å². The zero-order chi connectivity index (χ0) is 12.3. The van der Waals surface area contributed by atoms with E-state index in [4.69, 9.17) is 17.4 Å². The fraction of sp³-hybridized carbons (Fsp3) is 0.333. The van der Waals surface area contributed by atoms with E-state index in [1.165, 1.54) is 0 Å². The molecule has 0 aromatic heterocycles. The Hall–Kier alpha value is -1.55. The predicted octanol–water partition coefficient (Wildman–Crippen LogP) is 1.78. The fourth-order valence-electron chi connectivity index (χ4n) is 1.90. The van der Waals surface area contributed by atoms with E-state index in [-0.39, 0.29) is 5.91 Å². The van der Waals surface area contributed by atoms with Crippen molar-refractivity contribution >= 4 is 23.2 Å². The number of amides is 1. The van der Waals surface area contributed by atoms with Crippen molar-refractivity contribution in [2.45, 2.75) is 19.4 Å². The van der Waals surface area contributed by atoms with Crippen molar-refractivity contribution in [3.05, 3.63) is 34.9 Å². The molecule has 5 heteroatoms. The average molecular weight is 252 g/mol. The maximum absolute atomic E-state index is 11.8. The summed E-state index contributed by atoms with van der Waals surface area (Å²) < 4.78 is 0. The second-order valence-electron chi connectivity index (χ2n) is 4.07. The van der Waals surface area contributed by atoms with Crippen LogP contribution in [0.5, 0.6) is 0 Å². The lowest BCUT2D eigenvalue weighted by Crippen LogP contribution is -2.38. The third-order valence-corrected chi connectivity index (χ3v) is 3.06. The Morgan fingerprint density at radius 2 is 2.29 bits per heavy atom. The number of carbonyl (C=O) groups is 1. The molecule has 2 rings (SSSR count). The van der Waals surface area contributed by atoms with Crippen LogP contribution in [0.25, 0.3) is 0 Å². The Kier molecular flexibility index (Phi) is 3.64. The molecule has 1 aliphatic heterocycles. The average Bonchev–Trinajstić information content (AvgIpc) is 2.32. The number of nitrogens with zero attached hydrogens (tertiary/aromatic N) is 2. The zero-order valence-corrected chi connectivity index (χ0v) is 10.2. The molecule has 4 nitrogen and oxygen atoms in total. The molecule has 0 bridgehead atoms. The van der Waals surface area contributed by atoms with Gasteiger partial charge >= 0.3 is 0 Å². The fourth-order valence-corrected chi connectivity index (χ4v) is 2.11. The van der Waals surface area contributed by atoms with Gasteiger partial charge in [-0.15, -0.1) is 0 Å². The van der Waals surface area contributed by atoms with Crippen LogP contribution in [0.15, 0.2) is 29.4 Å². The number of benzene rings is 1. The zero-order valence-electron chi connectivity index (χ0n) is 9.40. The minimum Gasteiger partial charge on any atom is -0.338 e. The lowest BCUT2D eigenvalue weighted by atomic mass is 10.1. The number of rotatable bonds is 2. The van der Waals surface area contributed by atoms with Crippen molar-refractivity contribution < 1.29 is 4.79 Å². The van der Waals surface area contributed by atoms with Gasteiger partial charge in [0.1, 0.15) is 0 Å². The van der Waals surface area contributed by atoms with Gasteiger partial charge < -0.3 is 10.7 Å². The van der Waals surface area contributed by atoms with E-state index in [9.17, 15) is 4.79 Å². The lowest BCUT2D eigenvalue weighted by Gasteiger charge is -2.27. The van der Waals surface area contributed by atoms with Crippen LogP contribution in [-0.2, 0) is 11.3 Å². The lowest BCUT2D eigenvalue weighted by molar-refractivity contribution is -0.131. The van der Waals surface area contributed by atoms with Crippen LogP contribution in [0.3, 0.4) is 0 Å². The highest BCUT2D eigenvalue weighted by Crippen LogP contribution is 2.16. The monoisotopic (exact) mass is 251 g/mol. The Bertz CT molecular complexity index is 459. The van der Waals surface area contributed by atoms with Crippen LogP contribution < -0.4 is 5.84 Å². The number of hydrazone groups is 1. The molecule has 2 N–H and O–H groups in total. The SMILES string of the molecule is N/N=C1\CCN(Cc2cccc(Cl)c2)C(=O)C1. The van der Waals surface area contributed by atoms with Crippen molar-refractivity contribution in [1.29, 1.82) is 0 Å². The highest BCUT2D eigenvalue weighted by Gasteiger charge is 2.22. The molecule has 0 spiro atoms. The molecule has 0 saturated carbocycles. The third kappa shape index (κ3) is 2.97. The second-order valence-corrected chi connectivity index (χ2v) is 4.50. The molecule has 0 aliphatic carbocycles. The topological polar surface area (TPSA) is 58.7 Å². The number of halogens is 1. The second kappa shape index (κ2) is 5.19. The van der Waals surface area contributed by atoms with Crippen molar-refractivity contribution in [2.75, 3.05) is 6.54 Å². The molecular weight excluding hydrogens is 238 g/mol. The minimum atomic E-state index is 0.0698. The molecule has 1 aliphatic rings. The van der Waals surface area contributed by atoms with Crippen LogP contribution in [-0.4, -0.2) is 23.1 Å². The molecule has 1 amide bonds. The first-order valence-electron chi connectivity index (χ1n) is 5.47. The van der Waals surface area contributed by atoms with E-state index in [2.05, 4.69) is 5.10 Å². The molecule has 0 unspecified atom stereocenters. The summed E-state index contributed by atoms with van der Waals surface area (Å²) >= 11 is 5.91.